The van der Waals surface area contributed by atoms with E-state index >= 15 is 0 Å². The summed E-state index contributed by atoms with van der Waals surface area (Å²) >= 11 is 0. The number of nitrogens with one attached hydrogen (secondary N) is 2. The number of amides is 3. The molecule has 1 spiro atoms. The van der Waals surface area contributed by atoms with Gasteiger partial charge < -0.3 is 15.1 Å². The molecule has 0 aromatic rings. The van der Waals surface area contributed by atoms with Crippen LogP contribution in [0.3, 0.4) is 0 Å². The van der Waals surface area contributed by atoms with Crippen LogP contribution in [-0.4, -0.2) is 59.6 Å². The monoisotopic (exact) mass is 310 g/mol. The van der Waals surface area contributed by atoms with Gasteiger partial charge >= 0.3 is 6.03 Å². The van der Waals surface area contributed by atoms with Gasteiger partial charge in [-0.1, -0.05) is 20.8 Å². The van der Waals surface area contributed by atoms with E-state index in [-0.39, 0.29) is 29.6 Å². The molecule has 126 valence electrons. The highest BCUT2D eigenvalue weighted by Gasteiger charge is 2.51. The van der Waals surface area contributed by atoms with Gasteiger partial charge in [0.25, 0.3) is 0 Å². The van der Waals surface area contributed by atoms with Gasteiger partial charge in [-0.25, -0.2) is 4.79 Å². The zero-order valence-corrected chi connectivity index (χ0v) is 14.3. The van der Waals surface area contributed by atoms with Gasteiger partial charge in [0.15, 0.2) is 0 Å². The van der Waals surface area contributed by atoms with E-state index in [1.807, 2.05) is 16.7 Å². The predicted octanol–water partition coefficient (Wildman–Crippen LogP) is 1.37. The molecule has 2 aliphatic heterocycles. The summed E-state index contributed by atoms with van der Waals surface area (Å²) in [6, 6.07) is -0.0910. The lowest BCUT2D eigenvalue weighted by Crippen LogP contribution is -2.60. The number of hydrogen-bond acceptors (Lipinski definition) is 3. The molecule has 2 fully saturated rings. The van der Waals surface area contributed by atoms with E-state index in [1.54, 1.807) is 0 Å². The van der Waals surface area contributed by atoms with Gasteiger partial charge in [0.1, 0.15) is 0 Å². The third-order valence-electron chi connectivity index (χ3n) is 4.79. The lowest BCUT2D eigenvalue weighted by atomic mass is 9.95. The number of urea groups is 1. The van der Waals surface area contributed by atoms with Crippen LogP contribution in [0.2, 0.25) is 0 Å². The fourth-order valence-corrected chi connectivity index (χ4v) is 3.56. The number of carbonyl (C=O) groups is 2. The van der Waals surface area contributed by atoms with E-state index in [4.69, 9.17) is 0 Å². The number of carbonyl (C=O) groups excluding carboxylic acids is 2. The minimum atomic E-state index is -0.259. The van der Waals surface area contributed by atoms with Gasteiger partial charge in [0, 0.05) is 39.0 Å². The summed E-state index contributed by atoms with van der Waals surface area (Å²) in [5.41, 5.74) is -0.259. The number of rotatable bonds is 4. The van der Waals surface area contributed by atoms with Gasteiger partial charge in [-0.05, 0) is 19.3 Å². The molecule has 3 amide bonds. The Bertz CT molecular complexity index is 416. The minimum absolute atomic E-state index is 0.00382. The summed E-state index contributed by atoms with van der Waals surface area (Å²) in [5.74, 6) is 0.510. The molecule has 0 bridgehead atoms. The van der Waals surface area contributed by atoms with Crippen LogP contribution >= 0.6 is 0 Å². The van der Waals surface area contributed by atoms with E-state index in [9.17, 15) is 9.59 Å². The van der Waals surface area contributed by atoms with E-state index in [0.717, 1.165) is 25.8 Å². The van der Waals surface area contributed by atoms with E-state index in [0.29, 0.717) is 19.6 Å². The first-order valence-corrected chi connectivity index (χ1v) is 8.57. The van der Waals surface area contributed by atoms with Crippen molar-refractivity contribution in [3.05, 3.63) is 0 Å². The van der Waals surface area contributed by atoms with Gasteiger partial charge in [0.05, 0.1) is 11.7 Å². The van der Waals surface area contributed by atoms with E-state index < -0.39 is 0 Å². The fourth-order valence-electron chi connectivity index (χ4n) is 3.56. The highest BCUT2D eigenvalue weighted by molar-refractivity contribution is 5.85. The summed E-state index contributed by atoms with van der Waals surface area (Å²) in [7, 11) is 0. The average Bonchev–Trinajstić information content (AvgIpc) is 2.75. The Labute approximate surface area is 133 Å². The third-order valence-corrected chi connectivity index (χ3v) is 4.79. The second-order valence-corrected chi connectivity index (χ2v) is 6.71. The predicted molar refractivity (Wildman–Crippen MR) is 86.4 cm³/mol. The SMILES string of the molecule is CCCN1C(=O)C(C(C)C)NC12CCN(C(=O)NCC)CC2. The van der Waals surface area contributed by atoms with Crippen molar-refractivity contribution in [1.82, 2.24) is 20.4 Å². The highest BCUT2D eigenvalue weighted by atomic mass is 16.2. The second kappa shape index (κ2) is 6.86. The van der Waals surface area contributed by atoms with Gasteiger partial charge in [-0.15, -0.1) is 0 Å². The molecular formula is C16H30N4O2. The highest BCUT2D eigenvalue weighted by Crippen LogP contribution is 2.34. The van der Waals surface area contributed by atoms with Crippen LogP contribution in [0.1, 0.15) is 47.0 Å². The van der Waals surface area contributed by atoms with Crippen LogP contribution in [0, 0.1) is 5.92 Å². The molecule has 0 aromatic heterocycles. The normalized spacial score (nSPS) is 24.4. The first kappa shape index (κ1) is 17.1. The number of hydrogen-bond donors (Lipinski definition) is 2. The van der Waals surface area contributed by atoms with Crippen LogP contribution in [-0.2, 0) is 4.79 Å². The quantitative estimate of drug-likeness (QED) is 0.824. The van der Waals surface area contributed by atoms with Crippen molar-refractivity contribution in [2.75, 3.05) is 26.2 Å². The molecule has 2 N–H and O–H groups in total. The van der Waals surface area contributed by atoms with Crippen LogP contribution in [0.4, 0.5) is 4.79 Å². The summed E-state index contributed by atoms with van der Waals surface area (Å²) in [6.07, 6.45) is 2.57. The van der Waals surface area contributed by atoms with Crippen molar-refractivity contribution < 1.29 is 9.59 Å². The minimum Gasteiger partial charge on any atom is -0.338 e. The van der Waals surface area contributed by atoms with Crippen molar-refractivity contribution in [3.63, 3.8) is 0 Å². The summed E-state index contributed by atoms with van der Waals surface area (Å²) < 4.78 is 0. The molecule has 1 atom stereocenters. The molecule has 6 nitrogen and oxygen atoms in total. The summed E-state index contributed by atoms with van der Waals surface area (Å²) in [4.78, 5) is 28.5. The molecule has 2 heterocycles. The first-order chi connectivity index (χ1) is 10.4. The Kier molecular flexibility index (Phi) is 5.32. The first-order valence-electron chi connectivity index (χ1n) is 8.57. The standard InChI is InChI=1S/C16H30N4O2/c1-5-9-20-14(21)13(12(3)4)18-16(20)7-10-19(11-8-16)15(22)17-6-2/h12-13,18H,5-11H2,1-4H3,(H,17,22). The molecular weight excluding hydrogens is 280 g/mol. The average molecular weight is 310 g/mol. The Balaban J connectivity index is 2.09. The smallest absolute Gasteiger partial charge is 0.317 e. The van der Waals surface area contributed by atoms with Crippen molar-refractivity contribution in [1.29, 1.82) is 0 Å². The molecule has 6 heteroatoms. The fraction of sp³-hybridized carbons (Fsp3) is 0.875. The van der Waals surface area contributed by atoms with Gasteiger partial charge in [-0.3, -0.25) is 10.1 Å². The largest absolute Gasteiger partial charge is 0.338 e. The van der Waals surface area contributed by atoms with Crippen LogP contribution in [0.15, 0.2) is 0 Å². The van der Waals surface area contributed by atoms with Gasteiger partial charge in [-0.2, -0.15) is 0 Å². The topological polar surface area (TPSA) is 64.7 Å². The van der Waals surface area contributed by atoms with Crippen molar-refractivity contribution >= 4 is 11.9 Å². The molecule has 22 heavy (non-hydrogen) atoms. The maximum Gasteiger partial charge on any atom is 0.317 e. The van der Waals surface area contributed by atoms with E-state index in [1.165, 1.54) is 0 Å². The molecule has 0 aromatic carbocycles. The van der Waals surface area contributed by atoms with Crippen molar-refractivity contribution in [3.8, 4) is 0 Å². The Morgan fingerprint density at radius 1 is 1.36 bits per heavy atom. The van der Waals surface area contributed by atoms with Crippen LogP contribution in [0.25, 0.3) is 0 Å². The van der Waals surface area contributed by atoms with Gasteiger partial charge in [0.2, 0.25) is 5.91 Å². The van der Waals surface area contributed by atoms with Crippen LogP contribution in [0.5, 0.6) is 0 Å². The van der Waals surface area contributed by atoms with E-state index in [2.05, 4.69) is 31.4 Å². The number of nitrogens with zero attached hydrogens (tertiary/aromatic N) is 2. The van der Waals surface area contributed by atoms with Crippen LogP contribution < -0.4 is 10.6 Å². The lowest BCUT2D eigenvalue weighted by molar-refractivity contribution is -0.133. The molecule has 2 aliphatic rings. The van der Waals surface area contributed by atoms with Crippen molar-refractivity contribution in [2.24, 2.45) is 5.92 Å². The molecule has 1 unspecified atom stereocenters. The Hall–Kier alpha value is -1.30. The number of likely N-dealkylation sites (tertiary alicyclic amines) is 1. The molecule has 0 aliphatic carbocycles. The zero-order valence-electron chi connectivity index (χ0n) is 14.3. The zero-order chi connectivity index (χ0) is 16.3. The Morgan fingerprint density at radius 3 is 2.50 bits per heavy atom. The maximum absolute atomic E-state index is 12.7. The van der Waals surface area contributed by atoms with Crippen molar-refractivity contribution in [2.45, 2.75) is 58.7 Å². The number of piperidine rings is 1. The summed E-state index contributed by atoms with van der Waals surface area (Å²) in [6.45, 7) is 11.0. The molecule has 0 saturated carbocycles. The maximum atomic E-state index is 12.7. The molecule has 2 saturated heterocycles. The Morgan fingerprint density at radius 2 is 2.00 bits per heavy atom. The second-order valence-electron chi connectivity index (χ2n) is 6.71. The third kappa shape index (κ3) is 3.07. The molecule has 0 radical (unpaired) electrons. The lowest BCUT2D eigenvalue weighted by Gasteiger charge is -2.44. The molecule has 2 rings (SSSR count). The summed E-state index contributed by atoms with van der Waals surface area (Å²) in [5, 5.41) is 6.45.